The number of nitrogens with one attached hydrogen (secondary N) is 1. The predicted molar refractivity (Wildman–Crippen MR) is 57.0 cm³/mol. The number of hydrogen-bond donors (Lipinski definition) is 1. The van der Waals surface area contributed by atoms with Gasteiger partial charge in [-0.1, -0.05) is 12.1 Å². The lowest BCUT2D eigenvalue weighted by Gasteiger charge is -2.08. The molecule has 0 bridgehead atoms. The third-order valence-electron chi connectivity index (χ3n) is 2.12. The molecule has 1 aromatic carbocycles. The van der Waals surface area contributed by atoms with Crippen molar-refractivity contribution in [2.24, 2.45) is 0 Å². The molecule has 0 unspecified atom stereocenters. The summed E-state index contributed by atoms with van der Waals surface area (Å²) in [5.74, 6) is -0.341. The summed E-state index contributed by atoms with van der Waals surface area (Å²) in [5, 5.41) is 0. The van der Waals surface area contributed by atoms with Crippen LogP contribution < -0.4 is 10.3 Å². The topological polar surface area (TPSA) is 55.0 Å². The lowest BCUT2D eigenvalue weighted by molar-refractivity contribution is -0.274. The number of hydrogen-bond acceptors (Lipinski definition) is 3. The Morgan fingerprint density at radius 1 is 1.17 bits per heavy atom. The normalized spacial score (nSPS) is 11.3. The zero-order chi connectivity index (χ0) is 13.2. The van der Waals surface area contributed by atoms with Gasteiger partial charge in [-0.2, -0.15) is 0 Å². The largest absolute Gasteiger partial charge is 0.573 e. The summed E-state index contributed by atoms with van der Waals surface area (Å²) in [6.45, 7) is 0. The molecule has 0 amide bonds. The standard InChI is InChI=1S/C11H7F3N2O2/c12-11(13,14)18-8-3-1-7(2-4-8)9-5-15-6-16-10(9)17/h1-6H,(H,15,16,17). The fourth-order valence-corrected chi connectivity index (χ4v) is 1.39. The van der Waals surface area contributed by atoms with Gasteiger partial charge in [0.2, 0.25) is 0 Å². The monoisotopic (exact) mass is 256 g/mol. The number of benzene rings is 1. The van der Waals surface area contributed by atoms with Crippen molar-refractivity contribution in [2.75, 3.05) is 0 Å². The molecule has 0 aliphatic carbocycles. The van der Waals surface area contributed by atoms with Gasteiger partial charge in [-0.3, -0.25) is 4.79 Å². The number of aromatic nitrogens is 2. The van der Waals surface area contributed by atoms with Gasteiger partial charge in [-0.05, 0) is 17.7 Å². The summed E-state index contributed by atoms with van der Waals surface area (Å²) in [5.41, 5.74) is 0.365. The van der Waals surface area contributed by atoms with Crippen LogP contribution in [0.5, 0.6) is 5.75 Å². The van der Waals surface area contributed by atoms with E-state index in [1.165, 1.54) is 24.7 Å². The quantitative estimate of drug-likeness (QED) is 0.897. The lowest BCUT2D eigenvalue weighted by atomic mass is 10.1. The van der Waals surface area contributed by atoms with E-state index in [0.717, 1.165) is 12.1 Å². The Balaban J connectivity index is 2.29. The van der Waals surface area contributed by atoms with Gasteiger partial charge >= 0.3 is 6.36 Å². The van der Waals surface area contributed by atoms with Crippen LogP contribution in [-0.4, -0.2) is 16.3 Å². The molecule has 2 aromatic rings. The highest BCUT2D eigenvalue weighted by Gasteiger charge is 2.30. The zero-order valence-corrected chi connectivity index (χ0v) is 8.86. The van der Waals surface area contributed by atoms with Crippen molar-refractivity contribution >= 4 is 0 Å². The SMILES string of the molecule is O=c1[nH]cncc1-c1ccc(OC(F)(F)F)cc1. The van der Waals surface area contributed by atoms with Crippen molar-refractivity contribution < 1.29 is 17.9 Å². The van der Waals surface area contributed by atoms with E-state index < -0.39 is 6.36 Å². The first-order valence-corrected chi connectivity index (χ1v) is 4.84. The van der Waals surface area contributed by atoms with Crippen LogP contribution >= 0.6 is 0 Å². The Bertz CT molecular complexity index is 590. The average Bonchev–Trinajstić information content (AvgIpc) is 2.29. The molecular weight excluding hydrogens is 249 g/mol. The van der Waals surface area contributed by atoms with Crippen LogP contribution in [0.15, 0.2) is 41.6 Å². The van der Waals surface area contributed by atoms with E-state index in [1.54, 1.807) is 0 Å². The Morgan fingerprint density at radius 2 is 1.83 bits per heavy atom. The van der Waals surface area contributed by atoms with Crippen LogP contribution in [0.4, 0.5) is 13.2 Å². The summed E-state index contributed by atoms with van der Waals surface area (Å²) < 4.78 is 39.5. The Morgan fingerprint density at radius 3 is 2.39 bits per heavy atom. The predicted octanol–water partition coefficient (Wildman–Crippen LogP) is 2.34. The van der Waals surface area contributed by atoms with Crippen molar-refractivity contribution in [3.8, 4) is 16.9 Å². The van der Waals surface area contributed by atoms with Gasteiger partial charge in [0, 0.05) is 6.20 Å². The van der Waals surface area contributed by atoms with E-state index in [1.807, 2.05) is 0 Å². The van der Waals surface area contributed by atoms with Crippen LogP contribution in [-0.2, 0) is 0 Å². The molecule has 4 nitrogen and oxygen atoms in total. The molecule has 1 aromatic heterocycles. The first kappa shape index (κ1) is 12.2. The fraction of sp³-hybridized carbons (Fsp3) is 0.0909. The summed E-state index contributed by atoms with van der Waals surface area (Å²) in [6, 6.07) is 4.98. The Kier molecular flexibility index (Phi) is 3.05. The first-order valence-electron chi connectivity index (χ1n) is 4.84. The smallest absolute Gasteiger partial charge is 0.406 e. The van der Waals surface area contributed by atoms with E-state index in [4.69, 9.17) is 0 Å². The molecule has 1 heterocycles. The van der Waals surface area contributed by atoms with E-state index in [9.17, 15) is 18.0 Å². The molecule has 0 spiro atoms. The molecule has 7 heteroatoms. The number of H-pyrrole nitrogens is 1. The third kappa shape index (κ3) is 2.88. The zero-order valence-electron chi connectivity index (χ0n) is 8.86. The number of aromatic amines is 1. The van der Waals surface area contributed by atoms with Gasteiger partial charge in [0.15, 0.2) is 0 Å². The molecule has 1 N–H and O–H groups in total. The van der Waals surface area contributed by atoms with Crippen molar-refractivity contribution in [3.63, 3.8) is 0 Å². The summed E-state index contributed by atoms with van der Waals surface area (Å²) in [7, 11) is 0. The second-order valence-electron chi connectivity index (χ2n) is 3.37. The van der Waals surface area contributed by atoms with Crippen molar-refractivity contribution in [3.05, 3.63) is 47.1 Å². The molecule has 0 saturated heterocycles. The maximum Gasteiger partial charge on any atom is 0.573 e. The number of ether oxygens (including phenoxy) is 1. The lowest BCUT2D eigenvalue weighted by Crippen LogP contribution is -2.17. The molecular formula is C11H7F3N2O2. The number of halogens is 3. The van der Waals surface area contributed by atoms with Gasteiger partial charge in [-0.15, -0.1) is 13.2 Å². The van der Waals surface area contributed by atoms with Crippen LogP contribution in [0, 0.1) is 0 Å². The second kappa shape index (κ2) is 4.52. The van der Waals surface area contributed by atoms with Crippen LogP contribution in [0.2, 0.25) is 0 Å². The van der Waals surface area contributed by atoms with Crippen molar-refractivity contribution in [1.82, 2.24) is 9.97 Å². The summed E-state index contributed by atoms with van der Waals surface area (Å²) in [6.07, 6.45) is -2.17. The highest BCUT2D eigenvalue weighted by Crippen LogP contribution is 2.24. The van der Waals surface area contributed by atoms with E-state index >= 15 is 0 Å². The van der Waals surface area contributed by atoms with Gasteiger partial charge < -0.3 is 9.72 Å². The Hall–Kier alpha value is -2.31. The van der Waals surface area contributed by atoms with Crippen LogP contribution in [0.1, 0.15) is 0 Å². The minimum absolute atomic E-state index is 0.274. The fourth-order valence-electron chi connectivity index (χ4n) is 1.39. The summed E-state index contributed by atoms with van der Waals surface area (Å²) in [4.78, 5) is 17.5. The molecule has 18 heavy (non-hydrogen) atoms. The van der Waals surface area contributed by atoms with E-state index in [-0.39, 0.29) is 16.9 Å². The molecule has 0 saturated carbocycles. The van der Waals surface area contributed by atoms with Crippen LogP contribution in [0.25, 0.3) is 11.1 Å². The molecule has 0 aliphatic rings. The molecule has 0 radical (unpaired) electrons. The van der Waals surface area contributed by atoms with Gasteiger partial charge in [-0.25, -0.2) is 4.98 Å². The summed E-state index contributed by atoms with van der Waals surface area (Å²) >= 11 is 0. The average molecular weight is 256 g/mol. The van der Waals surface area contributed by atoms with Gasteiger partial charge in [0.05, 0.1) is 11.9 Å². The first-order chi connectivity index (χ1) is 8.46. The van der Waals surface area contributed by atoms with Crippen LogP contribution in [0.3, 0.4) is 0 Å². The van der Waals surface area contributed by atoms with E-state index in [2.05, 4.69) is 14.7 Å². The van der Waals surface area contributed by atoms with Crippen molar-refractivity contribution in [2.45, 2.75) is 6.36 Å². The molecule has 2 rings (SSSR count). The number of alkyl halides is 3. The Labute approximate surface area is 99.1 Å². The molecule has 0 fully saturated rings. The number of rotatable bonds is 2. The molecule has 0 atom stereocenters. The maximum absolute atomic E-state index is 11.9. The highest BCUT2D eigenvalue weighted by molar-refractivity contribution is 5.61. The van der Waals surface area contributed by atoms with E-state index in [0.29, 0.717) is 5.56 Å². The maximum atomic E-state index is 11.9. The molecule has 0 aliphatic heterocycles. The van der Waals surface area contributed by atoms with Crippen molar-refractivity contribution in [1.29, 1.82) is 0 Å². The molecule has 94 valence electrons. The second-order valence-corrected chi connectivity index (χ2v) is 3.37. The highest BCUT2D eigenvalue weighted by atomic mass is 19.4. The minimum atomic E-state index is -4.73. The third-order valence-corrected chi connectivity index (χ3v) is 2.12. The van der Waals surface area contributed by atoms with Gasteiger partial charge in [0.1, 0.15) is 5.75 Å². The minimum Gasteiger partial charge on any atom is -0.406 e. The number of nitrogens with zero attached hydrogens (tertiary/aromatic N) is 1. The van der Waals surface area contributed by atoms with Gasteiger partial charge in [0.25, 0.3) is 5.56 Å².